The molecule has 0 aliphatic heterocycles. The molecule has 0 aliphatic rings. The fourth-order valence-electron chi connectivity index (χ4n) is 2.60. The van der Waals surface area contributed by atoms with Gasteiger partial charge in [-0.2, -0.15) is 5.10 Å². The number of rotatable bonds is 11. The summed E-state index contributed by atoms with van der Waals surface area (Å²) in [6.45, 7) is 7.66. The average Bonchev–Trinajstić information content (AvgIpc) is 2.76. The predicted octanol–water partition coefficient (Wildman–Crippen LogP) is 4.35. The Hall–Kier alpha value is -0.830. The predicted molar refractivity (Wildman–Crippen MR) is 86.9 cm³/mol. The molecule has 0 atom stereocenters. The van der Waals surface area contributed by atoms with Crippen LogP contribution in [0.15, 0.2) is 6.20 Å². The smallest absolute Gasteiger partial charge is 0.0537 e. The van der Waals surface area contributed by atoms with Crippen LogP contribution in [0.2, 0.25) is 0 Å². The van der Waals surface area contributed by atoms with E-state index in [9.17, 15) is 0 Å². The van der Waals surface area contributed by atoms with Crippen LogP contribution in [0.25, 0.3) is 0 Å². The van der Waals surface area contributed by atoms with Crippen molar-refractivity contribution in [3.8, 4) is 0 Å². The lowest BCUT2D eigenvalue weighted by Crippen LogP contribution is -2.28. The van der Waals surface area contributed by atoms with Gasteiger partial charge in [0, 0.05) is 30.9 Å². The third kappa shape index (κ3) is 6.08. The van der Waals surface area contributed by atoms with E-state index in [1.54, 1.807) is 0 Å². The first-order chi connectivity index (χ1) is 9.69. The SMILES string of the molecule is CCCCCC(CCCCC)NCc1cnn(C)c1C. The third-order valence-corrected chi connectivity index (χ3v) is 4.23. The normalized spacial score (nSPS) is 11.4. The molecular weight excluding hydrogens is 246 g/mol. The quantitative estimate of drug-likeness (QED) is 0.610. The summed E-state index contributed by atoms with van der Waals surface area (Å²) < 4.78 is 1.96. The lowest BCUT2D eigenvalue weighted by Gasteiger charge is -2.18. The van der Waals surface area contributed by atoms with Crippen LogP contribution in [-0.2, 0) is 13.6 Å². The first kappa shape index (κ1) is 17.2. The van der Waals surface area contributed by atoms with E-state index in [1.807, 2.05) is 17.9 Å². The van der Waals surface area contributed by atoms with Gasteiger partial charge in [0.15, 0.2) is 0 Å². The first-order valence-electron chi connectivity index (χ1n) is 8.39. The standard InChI is InChI=1S/C17H33N3/c1-5-7-9-11-17(12-10-8-6-2)18-13-16-14-19-20(4)15(16)3/h14,17-18H,5-13H2,1-4H3. The molecule has 116 valence electrons. The second-order valence-electron chi connectivity index (χ2n) is 5.95. The number of aromatic nitrogens is 2. The van der Waals surface area contributed by atoms with Crippen LogP contribution < -0.4 is 5.32 Å². The molecule has 1 aromatic heterocycles. The van der Waals surface area contributed by atoms with Gasteiger partial charge in [0.2, 0.25) is 0 Å². The molecule has 3 nitrogen and oxygen atoms in total. The Morgan fingerprint density at radius 2 is 1.70 bits per heavy atom. The summed E-state index contributed by atoms with van der Waals surface area (Å²) >= 11 is 0. The molecule has 0 amide bonds. The average molecular weight is 279 g/mol. The molecule has 20 heavy (non-hydrogen) atoms. The molecule has 0 fully saturated rings. The Labute approximate surface area is 125 Å². The molecular formula is C17H33N3. The fourth-order valence-corrected chi connectivity index (χ4v) is 2.60. The van der Waals surface area contributed by atoms with Crippen molar-refractivity contribution in [2.45, 2.75) is 84.7 Å². The van der Waals surface area contributed by atoms with E-state index in [0.29, 0.717) is 6.04 Å². The highest BCUT2D eigenvalue weighted by molar-refractivity contribution is 5.15. The maximum atomic E-state index is 4.32. The van der Waals surface area contributed by atoms with Crippen molar-refractivity contribution in [2.75, 3.05) is 0 Å². The Kier molecular flexibility index (Phi) is 8.59. The monoisotopic (exact) mass is 279 g/mol. The van der Waals surface area contributed by atoms with E-state index in [1.165, 1.54) is 62.6 Å². The second-order valence-corrected chi connectivity index (χ2v) is 5.95. The van der Waals surface area contributed by atoms with E-state index < -0.39 is 0 Å². The summed E-state index contributed by atoms with van der Waals surface area (Å²) in [6, 6.07) is 0.674. The van der Waals surface area contributed by atoms with Gasteiger partial charge in [-0.05, 0) is 19.8 Å². The van der Waals surface area contributed by atoms with Gasteiger partial charge < -0.3 is 5.32 Å². The molecule has 1 rings (SSSR count). The Balaban J connectivity index is 2.39. The molecule has 0 unspecified atom stereocenters. The zero-order valence-electron chi connectivity index (χ0n) is 13.9. The van der Waals surface area contributed by atoms with Crippen molar-refractivity contribution in [1.82, 2.24) is 15.1 Å². The molecule has 0 spiro atoms. The van der Waals surface area contributed by atoms with E-state index in [0.717, 1.165) is 6.54 Å². The molecule has 0 aromatic carbocycles. The van der Waals surface area contributed by atoms with Gasteiger partial charge in [0.25, 0.3) is 0 Å². The molecule has 0 aliphatic carbocycles. The summed E-state index contributed by atoms with van der Waals surface area (Å²) in [5.74, 6) is 0. The molecule has 1 aromatic rings. The summed E-state index contributed by atoms with van der Waals surface area (Å²) in [5, 5.41) is 8.08. The van der Waals surface area contributed by atoms with Crippen LogP contribution in [0.3, 0.4) is 0 Å². The topological polar surface area (TPSA) is 29.9 Å². The highest BCUT2D eigenvalue weighted by atomic mass is 15.3. The summed E-state index contributed by atoms with van der Waals surface area (Å²) in [4.78, 5) is 0. The van der Waals surface area contributed by atoms with Gasteiger partial charge in [0.1, 0.15) is 0 Å². The molecule has 3 heteroatoms. The van der Waals surface area contributed by atoms with E-state index in [-0.39, 0.29) is 0 Å². The van der Waals surface area contributed by atoms with Crippen molar-refractivity contribution in [3.63, 3.8) is 0 Å². The van der Waals surface area contributed by atoms with Gasteiger partial charge >= 0.3 is 0 Å². The minimum absolute atomic E-state index is 0.674. The van der Waals surface area contributed by atoms with Crippen LogP contribution >= 0.6 is 0 Å². The molecule has 0 saturated carbocycles. The lowest BCUT2D eigenvalue weighted by molar-refractivity contribution is 0.417. The summed E-state index contributed by atoms with van der Waals surface area (Å²) in [7, 11) is 2.01. The van der Waals surface area contributed by atoms with Crippen LogP contribution in [0.5, 0.6) is 0 Å². The number of nitrogens with one attached hydrogen (secondary N) is 1. The lowest BCUT2D eigenvalue weighted by atomic mass is 10.0. The van der Waals surface area contributed by atoms with Gasteiger partial charge in [-0.15, -0.1) is 0 Å². The second kappa shape index (κ2) is 9.98. The number of unbranched alkanes of at least 4 members (excludes halogenated alkanes) is 4. The largest absolute Gasteiger partial charge is 0.310 e. The molecule has 1 heterocycles. The Morgan fingerprint density at radius 1 is 1.10 bits per heavy atom. The third-order valence-electron chi connectivity index (χ3n) is 4.23. The zero-order chi connectivity index (χ0) is 14.8. The van der Waals surface area contributed by atoms with Crippen molar-refractivity contribution >= 4 is 0 Å². The maximum Gasteiger partial charge on any atom is 0.0537 e. The van der Waals surface area contributed by atoms with Crippen LogP contribution in [0, 0.1) is 6.92 Å². The highest BCUT2D eigenvalue weighted by Crippen LogP contribution is 2.13. The molecule has 0 radical (unpaired) electrons. The molecule has 1 N–H and O–H groups in total. The first-order valence-corrected chi connectivity index (χ1v) is 8.39. The van der Waals surface area contributed by atoms with Crippen LogP contribution in [-0.4, -0.2) is 15.8 Å². The van der Waals surface area contributed by atoms with Crippen molar-refractivity contribution in [1.29, 1.82) is 0 Å². The van der Waals surface area contributed by atoms with E-state index >= 15 is 0 Å². The highest BCUT2D eigenvalue weighted by Gasteiger charge is 2.10. The Bertz CT molecular complexity index is 347. The van der Waals surface area contributed by atoms with Gasteiger partial charge in [0.05, 0.1) is 6.20 Å². The number of nitrogens with zero attached hydrogens (tertiary/aromatic N) is 2. The fraction of sp³-hybridized carbons (Fsp3) is 0.824. The van der Waals surface area contributed by atoms with Gasteiger partial charge in [-0.25, -0.2) is 0 Å². The minimum atomic E-state index is 0.674. The van der Waals surface area contributed by atoms with Gasteiger partial charge in [-0.1, -0.05) is 52.4 Å². The zero-order valence-corrected chi connectivity index (χ0v) is 13.9. The molecule has 0 saturated heterocycles. The summed E-state index contributed by atoms with van der Waals surface area (Å²) in [5.41, 5.74) is 2.61. The Morgan fingerprint density at radius 3 is 2.15 bits per heavy atom. The van der Waals surface area contributed by atoms with Crippen LogP contribution in [0.4, 0.5) is 0 Å². The van der Waals surface area contributed by atoms with E-state index in [2.05, 4.69) is 31.2 Å². The van der Waals surface area contributed by atoms with Gasteiger partial charge in [-0.3, -0.25) is 4.68 Å². The van der Waals surface area contributed by atoms with Crippen LogP contribution in [0.1, 0.15) is 76.5 Å². The number of hydrogen-bond acceptors (Lipinski definition) is 2. The maximum absolute atomic E-state index is 4.32. The minimum Gasteiger partial charge on any atom is -0.310 e. The number of aryl methyl sites for hydroxylation is 1. The number of hydrogen-bond donors (Lipinski definition) is 1. The van der Waals surface area contributed by atoms with Crippen molar-refractivity contribution < 1.29 is 0 Å². The van der Waals surface area contributed by atoms with Crippen molar-refractivity contribution in [3.05, 3.63) is 17.5 Å². The summed E-state index contributed by atoms with van der Waals surface area (Å²) in [6.07, 6.45) is 12.7. The van der Waals surface area contributed by atoms with Crippen molar-refractivity contribution in [2.24, 2.45) is 7.05 Å². The van der Waals surface area contributed by atoms with E-state index in [4.69, 9.17) is 0 Å². The molecule has 0 bridgehead atoms.